The maximum Gasteiger partial charge on any atom is 0.164 e. The van der Waals surface area contributed by atoms with Crippen LogP contribution in [0.3, 0.4) is 0 Å². The van der Waals surface area contributed by atoms with Crippen LogP contribution in [0.5, 0.6) is 0 Å². The third-order valence-electron chi connectivity index (χ3n) is 3.63. The molecule has 1 heterocycles. The maximum absolute atomic E-state index is 11.7. The summed E-state index contributed by atoms with van der Waals surface area (Å²) in [4.78, 5) is 11.7. The second-order valence-corrected chi connectivity index (χ2v) is 4.99. The highest BCUT2D eigenvalue weighted by atomic mass is 16.1. The number of Topliss-reactive ketones (excluding diaryl/α,β-unsaturated/α-hetero) is 1. The van der Waals surface area contributed by atoms with Crippen LogP contribution in [0, 0.1) is 0 Å². The van der Waals surface area contributed by atoms with Crippen LogP contribution < -0.4 is 0 Å². The number of aromatic nitrogens is 1. The Kier molecular flexibility index (Phi) is 2.45. The molecule has 0 spiro atoms. The van der Waals surface area contributed by atoms with Gasteiger partial charge in [-0.2, -0.15) is 0 Å². The van der Waals surface area contributed by atoms with Gasteiger partial charge in [0.15, 0.2) is 5.78 Å². The minimum absolute atomic E-state index is 0.130. The summed E-state index contributed by atoms with van der Waals surface area (Å²) in [7, 11) is 0. The molecule has 0 saturated heterocycles. The molecule has 0 aromatic carbocycles. The predicted molar refractivity (Wildman–Crippen MR) is 61.3 cm³/mol. The summed E-state index contributed by atoms with van der Waals surface area (Å²) in [5.41, 5.74) is 2.34. The lowest BCUT2D eigenvalue weighted by Crippen LogP contribution is -2.27. The van der Waals surface area contributed by atoms with Crippen LogP contribution in [-0.2, 0) is 12.0 Å². The molecule has 1 aromatic heterocycles. The Morgan fingerprint density at radius 3 is 2.80 bits per heavy atom. The fourth-order valence-electron chi connectivity index (χ4n) is 2.26. The van der Waals surface area contributed by atoms with Crippen molar-refractivity contribution < 1.29 is 4.79 Å². The van der Waals surface area contributed by atoms with Gasteiger partial charge in [-0.05, 0) is 39.2 Å². The van der Waals surface area contributed by atoms with Gasteiger partial charge in [0.25, 0.3) is 0 Å². The first-order valence-electron chi connectivity index (χ1n) is 5.80. The Labute approximate surface area is 91.3 Å². The molecular formula is C13H19NO. The molecule has 0 atom stereocenters. The van der Waals surface area contributed by atoms with E-state index in [4.69, 9.17) is 0 Å². The average molecular weight is 205 g/mol. The Balaban J connectivity index is 2.48. The molecule has 0 aliphatic heterocycles. The van der Waals surface area contributed by atoms with Gasteiger partial charge in [-0.15, -0.1) is 0 Å². The number of carbonyl (C=O) groups is 1. The first-order valence-corrected chi connectivity index (χ1v) is 5.80. The van der Waals surface area contributed by atoms with E-state index in [2.05, 4.69) is 31.5 Å². The molecule has 0 unspecified atom stereocenters. The zero-order chi connectivity index (χ0) is 11.1. The highest BCUT2D eigenvalue weighted by Gasteiger charge is 2.26. The van der Waals surface area contributed by atoms with Crippen molar-refractivity contribution in [1.29, 1.82) is 0 Å². The summed E-state index contributed by atoms with van der Waals surface area (Å²) in [5, 5.41) is 0. The summed E-state index contributed by atoms with van der Waals surface area (Å²) in [6.07, 6.45) is 5.95. The summed E-state index contributed by atoms with van der Waals surface area (Å²) in [5.74, 6) is 0.321. The second kappa shape index (κ2) is 3.51. The third kappa shape index (κ3) is 1.62. The van der Waals surface area contributed by atoms with E-state index in [9.17, 15) is 4.79 Å². The van der Waals surface area contributed by atoms with Crippen LogP contribution >= 0.6 is 0 Å². The van der Waals surface area contributed by atoms with Gasteiger partial charge >= 0.3 is 0 Å². The molecule has 1 aromatic rings. The molecule has 1 aliphatic carbocycles. The topological polar surface area (TPSA) is 22.0 Å². The SMILES string of the molecule is CCC(C)(C)n1ccc2c1CCCC2=O. The van der Waals surface area contributed by atoms with Gasteiger partial charge in [0.2, 0.25) is 0 Å². The van der Waals surface area contributed by atoms with E-state index in [1.807, 2.05) is 6.07 Å². The number of hydrogen-bond donors (Lipinski definition) is 0. The molecule has 0 radical (unpaired) electrons. The Morgan fingerprint density at radius 1 is 1.40 bits per heavy atom. The van der Waals surface area contributed by atoms with E-state index < -0.39 is 0 Å². The number of fused-ring (bicyclic) bond motifs is 1. The standard InChI is InChI=1S/C13H19NO/c1-4-13(2,3)14-9-8-10-11(14)6-5-7-12(10)15/h8-9H,4-7H2,1-3H3. The van der Waals surface area contributed by atoms with Gasteiger partial charge in [0.1, 0.15) is 0 Å². The van der Waals surface area contributed by atoms with E-state index >= 15 is 0 Å². The Morgan fingerprint density at radius 2 is 2.13 bits per heavy atom. The van der Waals surface area contributed by atoms with Crippen molar-refractivity contribution >= 4 is 5.78 Å². The molecule has 2 nitrogen and oxygen atoms in total. The van der Waals surface area contributed by atoms with Crippen molar-refractivity contribution in [2.45, 2.75) is 52.0 Å². The zero-order valence-corrected chi connectivity index (χ0v) is 9.84. The minimum atomic E-state index is 0.130. The van der Waals surface area contributed by atoms with Crippen LogP contribution in [-0.4, -0.2) is 10.4 Å². The number of carbonyl (C=O) groups excluding carboxylic acids is 1. The molecule has 1 aliphatic rings. The summed E-state index contributed by atoms with van der Waals surface area (Å²) >= 11 is 0. The van der Waals surface area contributed by atoms with Gasteiger partial charge < -0.3 is 4.57 Å². The first-order chi connectivity index (χ1) is 7.06. The molecular weight excluding hydrogens is 186 g/mol. The molecule has 0 N–H and O–H groups in total. The zero-order valence-electron chi connectivity index (χ0n) is 9.84. The van der Waals surface area contributed by atoms with Crippen molar-refractivity contribution in [2.75, 3.05) is 0 Å². The highest BCUT2D eigenvalue weighted by molar-refractivity contribution is 5.98. The lowest BCUT2D eigenvalue weighted by molar-refractivity contribution is 0.0971. The first kappa shape index (κ1) is 10.5. The number of rotatable bonds is 2. The van der Waals surface area contributed by atoms with Crippen molar-refractivity contribution in [3.8, 4) is 0 Å². The van der Waals surface area contributed by atoms with E-state index in [1.165, 1.54) is 5.69 Å². The lowest BCUT2D eigenvalue weighted by Gasteiger charge is -2.29. The van der Waals surface area contributed by atoms with Crippen LogP contribution in [0.2, 0.25) is 0 Å². The number of ketones is 1. The molecule has 0 saturated carbocycles. The fourth-order valence-corrected chi connectivity index (χ4v) is 2.26. The van der Waals surface area contributed by atoms with Gasteiger partial charge in [-0.25, -0.2) is 0 Å². The maximum atomic E-state index is 11.7. The normalized spacial score (nSPS) is 16.6. The van der Waals surface area contributed by atoms with Crippen LogP contribution in [0.25, 0.3) is 0 Å². The van der Waals surface area contributed by atoms with E-state index in [0.717, 1.165) is 31.2 Å². The van der Waals surface area contributed by atoms with Crippen molar-refractivity contribution in [3.05, 3.63) is 23.5 Å². The van der Waals surface area contributed by atoms with Gasteiger partial charge in [0.05, 0.1) is 0 Å². The van der Waals surface area contributed by atoms with Gasteiger partial charge in [0, 0.05) is 29.4 Å². The van der Waals surface area contributed by atoms with E-state index in [-0.39, 0.29) is 5.54 Å². The quantitative estimate of drug-likeness (QED) is 0.727. The number of hydrogen-bond acceptors (Lipinski definition) is 1. The summed E-state index contributed by atoms with van der Waals surface area (Å²) in [6, 6.07) is 1.99. The lowest BCUT2D eigenvalue weighted by atomic mass is 9.94. The summed E-state index contributed by atoms with van der Waals surface area (Å²) < 4.78 is 2.29. The second-order valence-electron chi connectivity index (χ2n) is 4.99. The molecule has 15 heavy (non-hydrogen) atoms. The third-order valence-corrected chi connectivity index (χ3v) is 3.63. The largest absolute Gasteiger partial charge is 0.345 e. The molecule has 0 amide bonds. The summed E-state index contributed by atoms with van der Waals surface area (Å²) in [6.45, 7) is 6.65. The van der Waals surface area contributed by atoms with Crippen molar-refractivity contribution in [1.82, 2.24) is 4.57 Å². The Bertz CT molecular complexity index is 387. The van der Waals surface area contributed by atoms with Crippen molar-refractivity contribution in [2.24, 2.45) is 0 Å². The average Bonchev–Trinajstić information content (AvgIpc) is 2.63. The molecule has 0 fully saturated rings. The van der Waals surface area contributed by atoms with Gasteiger partial charge in [-0.3, -0.25) is 4.79 Å². The Hall–Kier alpha value is -1.05. The van der Waals surface area contributed by atoms with Crippen LogP contribution in [0.1, 0.15) is 56.1 Å². The van der Waals surface area contributed by atoms with E-state index in [0.29, 0.717) is 5.78 Å². The molecule has 2 rings (SSSR count). The monoisotopic (exact) mass is 205 g/mol. The highest BCUT2D eigenvalue weighted by Crippen LogP contribution is 2.29. The van der Waals surface area contributed by atoms with Crippen LogP contribution in [0.15, 0.2) is 12.3 Å². The predicted octanol–water partition coefficient (Wildman–Crippen LogP) is 3.15. The fraction of sp³-hybridized carbons (Fsp3) is 0.615. The smallest absolute Gasteiger partial charge is 0.164 e. The van der Waals surface area contributed by atoms with E-state index in [1.54, 1.807) is 0 Å². The molecule has 2 heteroatoms. The number of nitrogens with zero attached hydrogens (tertiary/aromatic N) is 1. The van der Waals surface area contributed by atoms with Crippen LogP contribution in [0.4, 0.5) is 0 Å². The van der Waals surface area contributed by atoms with Crippen molar-refractivity contribution in [3.63, 3.8) is 0 Å². The minimum Gasteiger partial charge on any atom is -0.345 e. The molecule has 82 valence electrons. The van der Waals surface area contributed by atoms with Gasteiger partial charge in [-0.1, -0.05) is 6.92 Å². The molecule has 0 bridgehead atoms.